The highest BCUT2D eigenvalue weighted by Crippen LogP contribution is 2.43. The van der Waals surface area contributed by atoms with Gasteiger partial charge in [-0.2, -0.15) is 0 Å². The lowest BCUT2D eigenvalue weighted by atomic mass is 9.70. The first-order valence-corrected chi connectivity index (χ1v) is 7.99. The molecule has 0 aliphatic heterocycles. The van der Waals surface area contributed by atoms with Crippen molar-refractivity contribution in [2.75, 3.05) is 7.11 Å². The van der Waals surface area contributed by atoms with Gasteiger partial charge in [-0.25, -0.2) is 0 Å². The van der Waals surface area contributed by atoms with Crippen LogP contribution in [0.25, 0.3) is 0 Å². The van der Waals surface area contributed by atoms with Crippen molar-refractivity contribution in [1.82, 2.24) is 5.43 Å². The molecule has 1 aromatic rings. The maximum atomic E-state index is 5.91. The van der Waals surface area contributed by atoms with Crippen molar-refractivity contribution in [3.8, 4) is 5.75 Å². The zero-order valence-corrected chi connectivity index (χ0v) is 14.1. The second-order valence-corrected chi connectivity index (χ2v) is 7.32. The van der Waals surface area contributed by atoms with Crippen LogP contribution in [0.15, 0.2) is 12.1 Å². The molecule has 2 rings (SSSR count). The second kappa shape index (κ2) is 6.37. The van der Waals surface area contributed by atoms with E-state index in [1.807, 2.05) is 0 Å². The van der Waals surface area contributed by atoms with Crippen LogP contribution in [0.3, 0.4) is 0 Å². The molecule has 1 atom stereocenters. The van der Waals surface area contributed by atoms with Crippen LogP contribution in [0.1, 0.15) is 62.3 Å². The molecule has 1 aromatic carbocycles. The number of methoxy groups -OCH3 is 1. The Kier molecular flexibility index (Phi) is 4.95. The van der Waals surface area contributed by atoms with Crippen LogP contribution in [-0.2, 0) is 0 Å². The molecular weight excluding hydrogens is 260 g/mol. The molecule has 3 nitrogen and oxygen atoms in total. The molecule has 0 radical (unpaired) electrons. The van der Waals surface area contributed by atoms with Crippen molar-refractivity contribution in [1.29, 1.82) is 0 Å². The minimum atomic E-state index is 0.241. The molecule has 0 saturated heterocycles. The molecular formula is C18H30N2O. The van der Waals surface area contributed by atoms with Crippen molar-refractivity contribution in [3.05, 3.63) is 28.8 Å². The Labute approximate surface area is 129 Å². The van der Waals surface area contributed by atoms with Crippen molar-refractivity contribution in [2.45, 2.75) is 59.4 Å². The summed E-state index contributed by atoms with van der Waals surface area (Å²) in [6.07, 6.45) is 5.05. The lowest BCUT2D eigenvalue weighted by Crippen LogP contribution is -2.37. The topological polar surface area (TPSA) is 47.3 Å². The van der Waals surface area contributed by atoms with Gasteiger partial charge in [0.1, 0.15) is 5.75 Å². The van der Waals surface area contributed by atoms with Crippen molar-refractivity contribution < 1.29 is 4.74 Å². The molecule has 0 aromatic heterocycles. The molecule has 3 heteroatoms. The third kappa shape index (κ3) is 3.58. The van der Waals surface area contributed by atoms with Crippen LogP contribution in [0, 0.1) is 25.2 Å². The van der Waals surface area contributed by atoms with Gasteiger partial charge in [0.05, 0.1) is 7.11 Å². The summed E-state index contributed by atoms with van der Waals surface area (Å²) >= 11 is 0. The lowest BCUT2D eigenvalue weighted by molar-refractivity contribution is 0.161. The zero-order valence-electron chi connectivity index (χ0n) is 14.1. The molecule has 118 valence electrons. The van der Waals surface area contributed by atoms with Crippen molar-refractivity contribution >= 4 is 0 Å². The second-order valence-electron chi connectivity index (χ2n) is 7.32. The van der Waals surface area contributed by atoms with Gasteiger partial charge in [0.15, 0.2) is 0 Å². The normalized spacial score (nSPS) is 20.3. The standard InChI is InChI=1S/C18H30N2O/c1-12-11-16(21-5)13(2)10-15(12)17(20-19)14-6-8-18(3,4)9-7-14/h10-11,14,17,20H,6-9,19H2,1-5H3. The van der Waals surface area contributed by atoms with Gasteiger partial charge in [-0.05, 0) is 73.6 Å². The van der Waals surface area contributed by atoms with Crippen molar-refractivity contribution in [3.63, 3.8) is 0 Å². The van der Waals surface area contributed by atoms with Gasteiger partial charge in [-0.15, -0.1) is 0 Å². The average Bonchev–Trinajstić information content (AvgIpc) is 2.44. The highest BCUT2D eigenvalue weighted by molar-refractivity contribution is 5.43. The number of hydrazine groups is 1. The fourth-order valence-electron chi connectivity index (χ4n) is 3.60. The number of benzene rings is 1. The molecule has 1 unspecified atom stereocenters. The first kappa shape index (κ1) is 16.3. The lowest BCUT2D eigenvalue weighted by Gasteiger charge is -2.38. The van der Waals surface area contributed by atoms with Gasteiger partial charge in [0.2, 0.25) is 0 Å². The van der Waals surface area contributed by atoms with E-state index >= 15 is 0 Å². The van der Waals surface area contributed by atoms with Crippen LogP contribution in [0.5, 0.6) is 5.75 Å². The molecule has 21 heavy (non-hydrogen) atoms. The van der Waals surface area contributed by atoms with E-state index in [1.54, 1.807) is 7.11 Å². The predicted molar refractivity (Wildman–Crippen MR) is 88.3 cm³/mol. The maximum absolute atomic E-state index is 5.91. The fraction of sp³-hybridized carbons (Fsp3) is 0.667. The Morgan fingerprint density at radius 3 is 2.33 bits per heavy atom. The van der Waals surface area contributed by atoms with E-state index in [-0.39, 0.29) is 6.04 Å². The first-order valence-electron chi connectivity index (χ1n) is 7.99. The van der Waals surface area contributed by atoms with E-state index in [9.17, 15) is 0 Å². The Morgan fingerprint density at radius 1 is 1.19 bits per heavy atom. The SMILES string of the molecule is COc1cc(C)c(C(NN)C2CCC(C)(C)CC2)cc1C. The Bertz CT molecular complexity index is 486. The largest absolute Gasteiger partial charge is 0.496 e. The summed E-state index contributed by atoms with van der Waals surface area (Å²) in [6, 6.07) is 4.60. The number of hydrogen-bond acceptors (Lipinski definition) is 3. The van der Waals surface area contributed by atoms with Gasteiger partial charge in [-0.1, -0.05) is 19.9 Å². The number of nitrogens with two attached hydrogens (primary N) is 1. The van der Waals surface area contributed by atoms with Crippen LogP contribution < -0.4 is 16.0 Å². The summed E-state index contributed by atoms with van der Waals surface area (Å²) in [6.45, 7) is 8.99. The number of nitrogens with one attached hydrogen (secondary N) is 1. The first-order chi connectivity index (χ1) is 9.88. The number of ether oxygens (including phenoxy) is 1. The smallest absolute Gasteiger partial charge is 0.122 e. The minimum absolute atomic E-state index is 0.241. The highest BCUT2D eigenvalue weighted by atomic mass is 16.5. The molecule has 3 N–H and O–H groups in total. The molecule has 0 bridgehead atoms. The third-order valence-electron chi connectivity index (χ3n) is 5.15. The summed E-state index contributed by atoms with van der Waals surface area (Å²) in [5, 5.41) is 0. The summed E-state index contributed by atoms with van der Waals surface area (Å²) in [7, 11) is 1.73. The Morgan fingerprint density at radius 2 is 1.81 bits per heavy atom. The Hall–Kier alpha value is -1.06. The number of hydrogen-bond donors (Lipinski definition) is 2. The zero-order chi connectivity index (χ0) is 15.6. The number of rotatable bonds is 4. The number of aryl methyl sites for hydroxylation is 2. The molecule has 0 amide bonds. The molecule has 1 fully saturated rings. The Balaban J connectivity index is 2.24. The molecule has 1 aliphatic rings. The van der Waals surface area contributed by atoms with Gasteiger partial charge in [0, 0.05) is 6.04 Å². The molecule has 1 aliphatic carbocycles. The fourth-order valence-corrected chi connectivity index (χ4v) is 3.60. The van der Waals surface area contributed by atoms with E-state index in [1.165, 1.54) is 42.4 Å². The molecule has 1 saturated carbocycles. The van der Waals surface area contributed by atoms with E-state index in [4.69, 9.17) is 10.6 Å². The summed E-state index contributed by atoms with van der Waals surface area (Å²) < 4.78 is 5.42. The van der Waals surface area contributed by atoms with E-state index in [0.29, 0.717) is 11.3 Å². The predicted octanol–water partition coefficient (Wildman–Crippen LogP) is 4.03. The van der Waals surface area contributed by atoms with Crippen LogP contribution in [0.4, 0.5) is 0 Å². The van der Waals surface area contributed by atoms with Crippen molar-refractivity contribution in [2.24, 2.45) is 17.2 Å². The summed E-state index contributed by atoms with van der Waals surface area (Å²) in [5.41, 5.74) is 7.32. The maximum Gasteiger partial charge on any atom is 0.122 e. The van der Waals surface area contributed by atoms with Crippen LogP contribution in [-0.4, -0.2) is 7.11 Å². The van der Waals surface area contributed by atoms with Gasteiger partial charge < -0.3 is 4.74 Å². The summed E-state index contributed by atoms with van der Waals surface area (Å²) in [4.78, 5) is 0. The quantitative estimate of drug-likeness (QED) is 0.650. The molecule has 0 spiro atoms. The molecule has 0 heterocycles. The monoisotopic (exact) mass is 290 g/mol. The van der Waals surface area contributed by atoms with Crippen LogP contribution >= 0.6 is 0 Å². The van der Waals surface area contributed by atoms with Gasteiger partial charge in [-0.3, -0.25) is 11.3 Å². The summed E-state index contributed by atoms with van der Waals surface area (Å²) in [5.74, 6) is 7.49. The average molecular weight is 290 g/mol. The van der Waals surface area contributed by atoms with E-state index < -0.39 is 0 Å². The van der Waals surface area contributed by atoms with E-state index in [2.05, 4.69) is 45.3 Å². The van der Waals surface area contributed by atoms with Crippen LogP contribution in [0.2, 0.25) is 0 Å². The minimum Gasteiger partial charge on any atom is -0.496 e. The highest BCUT2D eigenvalue weighted by Gasteiger charge is 2.32. The van der Waals surface area contributed by atoms with Gasteiger partial charge in [0.25, 0.3) is 0 Å². The third-order valence-corrected chi connectivity index (χ3v) is 5.15. The van der Waals surface area contributed by atoms with E-state index in [0.717, 1.165) is 5.75 Å². The van der Waals surface area contributed by atoms with Gasteiger partial charge >= 0.3 is 0 Å².